The first kappa shape index (κ1) is 19.1. The number of nitrogens with zero attached hydrogens (tertiary/aromatic N) is 3. The van der Waals surface area contributed by atoms with Crippen molar-refractivity contribution in [2.45, 2.75) is 0 Å². The van der Waals surface area contributed by atoms with E-state index in [1.807, 2.05) is 24.3 Å². The summed E-state index contributed by atoms with van der Waals surface area (Å²) < 4.78 is 11.2. The highest BCUT2D eigenvalue weighted by molar-refractivity contribution is 5.89. The predicted molar refractivity (Wildman–Crippen MR) is 111 cm³/mol. The highest BCUT2D eigenvalue weighted by Gasteiger charge is 2.14. The van der Waals surface area contributed by atoms with Crippen molar-refractivity contribution in [3.8, 4) is 5.75 Å². The van der Waals surface area contributed by atoms with Crippen molar-refractivity contribution in [1.29, 1.82) is 0 Å². The van der Waals surface area contributed by atoms with Crippen LogP contribution in [0.4, 0.5) is 5.69 Å². The van der Waals surface area contributed by atoms with E-state index in [1.54, 1.807) is 24.3 Å². The molecule has 2 aromatic carbocycles. The van der Waals surface area contributed by atoms with Crippen molar-refractivity contribution in [2.24, 2.45) is 0 Å². The second kappa shape index (κ2) is 8.85. The molecule has 1 saturated heterocycles. The molecule has 1 aliphatic heterocycles. The number of rotatable bonds is 7. The van der Waals surface area contributed by atoms with Crippen LogP contribution in [0.25, 0.3) is 23.1 Å². The van der Waals surface area contributed by atoms with Gasteiger partial charge in [-0.2, -0.15) is 5.10 Å². The summed E-state index contributed by atoms with van der Waals surface area (Å²) in [4.78, 5) is 13.3. The van der Waals surface area contributed by atoms with Gasteiger partial charge in [0.25, 0.3) is 5.69 Å². The number of aromatic amines is 1. The molecule has 150 valence electrons. The molecule has 0 unspecified atom stereocenters. The topological polar surface area (TPSA) is 93.5 Å². The Morgan fingerprint density at radius 3 is 2.86 bits per heavy atom. The highest BCUT2D eigenvalue weighted by Crippen LogP contribution is 2.27. The lowest BCUT2D eigenvalue weighted by molar-refractivity contribution is -0.385. The summed E-state index contributed by atoms with van der Waals surface area (Å²) in [6.07, 6.45) is 3.48. The predicted octanol–water partition coefficient (Wildman–Crippen LogP) is 3.35. The van der Waals surface area contributed by atoms with Crippen molar-refractivity contribution in [3.05, 3.63) is 63.8 Å². The molecule has 1 fully saturated rings. The summed E-state index contributed by atoms with van der Waals surface area (Å²) >= 11 is 0. The zero-order chi connectivity index (χ0) is 20.1. The number of fused-ring (bicyclic) bond motifs is 1. The molecule has 8 nitrogen and oxygen atoms in total. The number of hydrogen-bond donors (Lipinski definition) is 1. The van der Waals surface area contributed by atoms with Gasteiger partial charge in [0.2, 0.25) is 0 Å². The normalized spacial score (nSPS) is 15.2. The van der Waals surface area contributed by atoms with Crippen molar-refractivity contribution in [3.63, 3.8) is 0 Å². The minimum atomic E-state index is -0.389. The number of aromatic nitrogens is 2. The number of morpholine rings is 1. The molecule has 4 rings (SSSR count). The zero-order valence-electron chi connectivity index (χ0n) is 15.9. The lowest BCUT2D eigenvalue weighted by atomic mass is 10.1. The molecule has 0 saturated carbocycles. The average molecular weight is 394 g/mol. The molecule has 0 radical (unpaired) electrons. The van der Waals surface area contributed by atoms with Gasteiger partial charge in [-0.05, 0) is 30.4 Å². The molecule has 0 bridgehead atoms. The van der Waals surface area contributed by atoms with E-state index in [0.29, 0.717) is 17.9 Å². The number of nitro benzene ring substituents is 1. The molecular formula is C21H22N4O4. The lowest BCUT2D eigenvalue weighted by Crippen LogP contribution is -2.38. The van der Waals surface area contributed by atoms with Gasteiger partial charge in [0.05, 0.1) is 34.9 Å². The van der Waals surface area contributed by atoms with Crippen LogP contribution in [0.15, 0.2) is 42.5 Å². The van der Waals surface area contributed by atoms with E-state index < -0.39 is 0 Å². The van der Waals surface area contributed by atoms with Gasteiger partial charge in [-0.15, -0.1) is 0 Å². The van der Waals surface area contributed by atoms with Crippen LogP contribution in [-0.4, -0.2) is 59.5 Å². The molecule has 2 heterocycles. The summed E-state index contributed by atoms with van der Waals surface area (Å²) in [5.41, 5.74) is 2.16. The largest absolute Gasteiger partial charge is 0.492 e. The van der Waals surface area contributed by atoms with E-state index in [4.69, 9.17) is 9.47 Å². The molecule has 8 heteroatoms. The van der Waals surface area contributed by atoms with Crippen molar-refractivity contribution in [1.82, 2.24) is 15.1 Å². The van der Waals surface area contributed by atoms with Gasteiger partial charge in [0.15, 0.2) is 0 Å². The summed E-state index contributed by atoms with van der Waals surface area (Å²) in [6.45, 7) is 4.60. The summed E-state index contributed by atoms with van der Waals surface area (Å²) in [7, 11) is 0. The summed E-state index contributed by atoms with van der Waals surface area (Å²) in [5, 5.41) is 19.6. The van der Waals surface area contributed by atoms with E-state index >= 15 is 0 Å². The molecule has 29 heavy (non-hydrogen) atoms. The second-order valence-electron chi connectivity index (χ2n) is 6.77. The van der Waals surface area contributed by atoms with Crippen LogP contribution < -0.4 is 4.74 Å². The number of para-hydroxylation sites is 1. The van der Waals surface area contributed by atoms with Crippen molar-refractivity contribution in [2.75, 3.05) is 39.5 Å². The number of ether oxygens (including phenoxy) is 2. The molecule has 3 aromatic rings. The maximum Gasteiger partial charge on any atom is 0.276 e. The second-order valence-corrected chi connectivity index (χ2v) is 6.77. The lowest BCUT2D eigenvalue weighted by Gasteiger charge is -2.26. The first-order valence-electron chi connectivity index (χ1n) is 9.53. The Hall–Kier alpha value is -3.23. The molecule has 1 N–H and O–H groups in total. The Morgan fingerprint density at radius 2 is 2.03 bits per heavy atom. The van der Waals surface area contributed by atoms with Crippen LogP contribution >= 0.6 is 0 Å². The Morgan fingerprint density at radius 1 is 1.21 bits per heavy atom. The standard InChI is InChI=1S/C21H22N4O4/c26-25(27)21-8-6-17(29-14-11-24-9-12-28-13-10-24)15-16(21)5-7-20-18-3-1-2-4-19(18)22-23-20/h1-8,15H,9-14H2,(H,22,23). The quantitative estimate of drug-likeness (QED) is 0.488. The van der Waals surface area contributed by atoms with Crippen LogP contribution in [-0.2, 0) is 4.74 Å². The molecule has 0 spiro atoms. The van der Waals surface area contributed by atoms with Gasteiger partial charge < -0.3 is 9.47 Å². The fourth-order valence-corrected chi connectivity index (χ4v) is 3.32. The minimum absolute atomic E-state index is 0.0293. The minimum Gasteiger partial charge on any atom is -0.492 e. The average Bonchev–Trinajstić information content (AvgIpc) is 3.16. The first-order chi connectivity index (χ1) is 14.2. The third-order valence-corrected chi connectivity index (χ3v) is 4.90. The van der Waals surface area contributed by atoms with Crippen LogP contribution in [0.2, 0.25) is 0 Å². The SMILES string of the molecule is O=[N+]([O-])c1ccc(OCCN2CCOCC2)cc1C=Cc1n[nH]c2ccccc12. The molecule has 1 aromatic heterocycles. The summed E-state index contributed by atoms with van der Waals surface area (Å²) in [6, 6.07) is 12.6. The number of nitrogens with one attached hydrogen (secondary N) is 1. The van der Waals surface area contributed by atoms with Crippen molar-refractivity contribution >= 4 is 28.7 Å². The fraction of sp³-hybridized carbons (Fsp3) is 0.286. The fourth-order valence-electron chi connectivity index (χ4n) is 3.32. The van der Waals surface area contributed by atoms with Gasteiger partial charge in [-0.25, -0.2) is 0 Å². The van der Waals surface area contributed by atoms with E-state index in [9.17, 15) is 10.1 Å². The number of H-pyrrole nitrogens is 1. The van der Waals surface area contributed by atoms with Crippen LogP contribution in [0.3, 0.4) is 0 Å². The van der Waals surface area contributed by atoms with Gasteiger partial charge >= 0.3 is 0 Å². The maximum absolute atomic E-state index is 11.4. The third kappa shape index (κ3) is 4.61. The first-order valence-corrected chi connectivity index (χ1v) is 9.53. The van der Waals surface area contributed by atoms with E-state index in [1.165, 1.54) is 6.07 Å². The van der Waals surface area contributed by atoms with Crippen LogP contribution in [0.5, 0.6) is 5.75 Å². The Kier molecular flexibility index (Phi) is 5.83. The summed E-state index contributed by atoms with van der Waals surface area (Å²) in [5.74, 6) is 0.607. The van der Waals surface area contributed by atoms with Crippen molar-refractivity contribution < 1.29 is 14.4 Å². The van der Waals surface area contributed by atoms with E-state index in [-0.39, 0.29) is 10.6 Å². The zero-order valence-corrected chi connectivity index (χ0v) is 15.9. The molecule has 1 aliphatic rings. The number of nitro groups is 1. The molecule has 0 atom stereocenters. The maximum atomic E-state index is 11.4. The highest BCUT2D eigenvalue weighted by atomic mass is 16.6. The van der Waals surface area contributed by atoms with E-state index in [0.717, 1.165) is 49.4 Å². The Labute approximate surface area is 167 Å². The van der Waals surface area contributed by atoms with Crippen LogP contribution in [0, 0.1) is 10.1 Å². The Bertz CT molecular complexity index is 1020. The monoisotopic (exact) mass is 394 g/mol. The molecule has 0 amide bonds. The van der Waals surface area contributed by atoms with Gasteiger partial charge in [-0.3, -0.25) is 20.1 Å². The Balaban J connectivity index is 1.49. The van der Waals surface area contributed by atoms with E-state index in [2.05, 4.69) is 15.1 Å². The smallest absolute Gasteiger partial charge is 0.276 e. The van der Waals surface area contributed by atoms with Gasteiger partial charge in [-0.1, -0.05) is 18.2 Å². The van der Waals surface area contributed by atoms with Crippen LogP contribution in [0.1, 0.15) is 11.3 Å². The molecular weight excluding hydrogens is 372 g/mol. The van der Waals surface area contributed by atoms with Gasteiger partial charge in [0, 0.05) is 31.1 Å². The number of benzene rings is 2. The number of hydrogen-bond acceptors (Lipinski definition) is 6. The molecule has 0 aliphatic carbocycles. The third-order valence-electron chi connectivity index (χ3n) is 4.90. The van der Waals surface area contributed by atoms with Gasteiger partial charge in [0.1, 0.15) is 12.4 Å².